The van der Waals surface area contributed by atoms with Crippen molar-refractivity contribution in [3.63, 3.8) is 0 Å². The molecule has 0 aliphatic carbocycles. The molecule has 1 unspecified atom stereocenters. The Hall–Kier alpha value is -1.06. The average Bonchev–Trinajstić information content (AvgIpc) is 2.22. The molecule has 0 aromatic rings. The molecule has 0 heterocycles. The summed E-state index contributed by atoms with van der Waals surface area (Å²) in [7, 11) is 0. The van der Waals surface area contributed by atoms with E-state index in [4.69, 9.17) is 9.47 Å². The van der Waals surface area contributed by atoms with E-state index in [0.29, 0.717) is 6.42 Å². The summed E-state index contributed by atoms with van der Waals surface area (Å²) in [6, 6.07) is 0. The van der Waals surface area contributed by atoms with Gasteiger partial charge in [-0.05, 0) is 34.1 Å². The Labute approximate surface area is 104 Å². The van der Waals surface area contributed by atoms with E-state index in [2.05, 4.69) is 0 Å². The van der Waals surface area contributed by atoms with Gasteiger partial charge in [-0.1, -0.05) is 13.3 Å². The van der Waals surface area contributed by atoms with Gasteiger partial charge in [-0.25, -0.2) is 0 Å². The second kappa shape index (κ2) is 7.30. The van der Waals surface area contributed by atoms with Gasteiger partial charge in [-0.3, -0.25) is 9.59 Å². The first kappa shape index (κ1) is 15.9. The Morgan fingerprint density at radius 3 is 2.29 bits per heavy atom. The van der Waals surface area contributed by atoms with Gasteiger partial charge in [0.25, 0.3) is 0 Å². The van der Waals surface area contributed by atoms with E-state index in [-0.39, 0.29) is 18.5 Å². The number of hydrogen-bond acceptors (Lipinski definition) is 4. The van der Waals surface area contributed by atoms with Crippen molar-refractivity contribution in [3.8, 4) is 0 Å². The lowest BCUT2D eigenvalue weighted by atomic mass is 9.97. The molecular formula is C13H24O4. The Morgan fingerprint density at radius 1 is 1.24 bits per heavy atom. The summed E-state index contributed by atoms with van der Waals surface area (Å²) in [6.07, 6.45) is 1.82. The average molecular weight is 244 g/mol. The molecular weight excluding hydrogens is 220 g/mol. The molecule has 0 aromatic carbocycles. The largest absolute Gasteiger partial charge is 0.462 e. The molecule has 0 rings (SSSR count). The Morgan fingerprint density at radius 2 is 1.82 bits per heavy atom. The van der Waals surface area contributed by atoms with Gasteiger partial charge in [0.05, 0.1) is 5.41 Å². The second-order valence-electron chi connectivity index (χ2n) is 5.25. The van der Waals surface area contributed by atoms with Crippen LogP contribution in [-0.2, 0) is 19.1 Å². The van der Waals surface area contributed by atoms with Gasteiger partial charge in [-0.2, -0.15) is 0 Å². The van der Waals surface area contributed by atoms with Crippen molar-refractivity contribution in [3.05, 3.63) is 0 Å². The van der Waals surface area contributed by atoms with Crippen LogP contribution in [0.3, 0.4) is 0 Å². The van der Waals surface area contributed by atoms with Crippen LogP contribution in [0.5, 0.6) is 0 Å². The third-order valence-corrected chi connectivity index (χ3v) is 2.13. The molecule has 0 spiro atoms. The van der Waals surface area contributed by atoms with E-state index < -0.39 is 11.5 Å². The highest BCUT2D eigenvalue weighted by Crippen LogP contribution is 2.16. The van der Waals surface area contributed by atoms with Crippen molar-refractivity contribution >= 4 is 11.9 Å². The van der Waals surface area contributed by atoms with Crippen molar-refractivity contribution in [2.24, 2.45) is 5.41 Å². The van der Waals surface area contributed by atoms with Gasteiger partial charge in [0.2, 0.25) is 0 Å². The zero-order valence-electron chi connectivity index (χ0n) is 11.5. The van der Waals surface area contributed by atoms with Crippen LogP contribution < -0.4 is 0 Å². The van der Waals surface area contributed by atoms with Crippen molar-refractivity contribution in [2.45, 2.75) is 60.0 Å². The lowest BCUT2D eigenvalue weighted by Crippen LogP contribution is -2.29. The van der Waals surface area contributed by atoms with Gasteiger partial charge in [0.15, 0.2) is 0 Å². The number of rotatable bonds is 6. The fourth-order valence-electron chi connectivity index (χ4n) is 0.997. The number of esters is 2. The summed E-state index contributed by atoms with van der Waals surface area (Å²) in [4.78, 5) is 22.8. The Kier molecular flexibility index (Phi) is 6.85. The zero-order valence-corrected chi connectivity index (χ0v) is 11.5. The summed E-state index contributed by atoms with van der Waals surface area (Å²) in [5.74, 6) is -0.514. The second-order valence-corrected chi connectivity index (χ2v) is 5.25. The highest BCUT2D eigenvalue weighted by atomic mass is 16.6. The predicted molar refractivity (Wildman–Crippen MR) is 65.5 cm³/mol. The van der Waals surface area contributed by atoms with Crippen LogP contribution in [0.25, 0.3) is 0 Å². The molecule has 4 heteroatoms. The predicted octanol–water partition coefficient (Wildman–Crippen LogP) is 2.70. The standard InChI is InChI=1S/C13H24O4/c1-6-7-8-11(14)16-9-10(2)17-12(15)13(3,4)5/h10H,6-9H2,1-5H3. The minimum Gasteiger partial charge on any atom is -0.462 e. The molecule has 100 valence electrons. The summed E-state index contributed by atoms with van der Waals surface area (Å²) in [5.41, 5.74) is -0.527. The number of hydrogen-bond donors (Lipinski definition) is 0. The first-order chi connectivity index (χ1) is 7.77. The number of carbonyl (C=O) groups is 2. The van der Waals surface area contributed by atoms with Crippen molar-refractivity contribution in [1.82, 2.24) is 0 Å². The molecule has 0 aromatic heterocycles. The van der Waals surface area contributed by atoms with E-state index >= 15 is 0 Å². The zero-order chi connectivity index (χ0) is 13.5. The molecule has 0 N–H and O–H groups in total. The molecule has 17 heavy (non-hydrogen) atoms. The summed E-state index contributed by atoms with van der Waals surface area (Å²) in [5, 5.41) is 0. The molecule has 0 saturated heterocycles. The van der Waals surface area contributed by atoms with E-state index in [1.165, 1.54) is 0 Å². The third kappa shape index (κ3) is 7.77. The van der Waals surface area contributed by atoms with Crippen LogP contribution in [0.4, 0.5) is 0 Å². The summed E-state index contributed by atoms with van der Waals surface area (Å²) < 4.78 is 10.2. The maximum atomic E-state index is 11.5. The fourth-order valence-corrected chi connectivity index (χ4v) is 0.997. The van der Waals surface area contributed by atoms with Crippen molar-refractivity contribution in [1.29, 1.82) is 0 Å². The van der Waals surface area contributed by atoms with Crippen LogP contribution in [0.15, 0.2) is 0 Å². The van der Waals surface area contributed by atoms with Crippen LogP contribution in [-0.4, -0.2) is 24.6 Å². The minimum absolute atomic E-state index is 0.129. The monoisotopic (exact) mass is 244 g/mol. The van der Waals surface area contributed by atoms with Crippen LogP contribution >= 0.6 is 0 Å². The lowest BCUT2D eigenvalue weighted by molar-refractivity contribution is -0.164. The first-order valence-corrected chi connectivity index (χ1v) is 6.14. The van der Waals surface area contributed by atoms with E-state index in [1.807, 2.05) is 6.92 Å². The molecule has 4 nitrogen and oxygen atoms in total. The van der Waals surface area contributed by atoms with Gasteiger partial charge in [0.1, 0.15) is 12.7 Å². The molecule has 0 aliphatic heterocycles. The topological polar surface area (TPSA) is 52.6 Å². The maximum absolute atomic E-state index is 11.5. The van der Waals surface area contributed by atoms with Crippen LogP contribution in [0.2, 0.25) is 0 Å². The minimum atomic E-state index is -0.527. The SMILES string of the molecule is CCCCC(=O)OCC(C)OC(=O)C(C)(C)C. The van der Waals surface area contributed by atoms with Crippen molar-refractivity contribution in [2.75, 3.05) is 6.61 Å². The molecule has 0 aliphatic rings. The Bertz CT molecular complexity index is 253. The fraction of sp³-hybridized carbons (Fsp3) is 0.846. The Balaban J connectivity index is 3.84. The molecule has 0 saturated carbocycles. The van der Waals surface area contributed by atoms with Gasteiger partial charge < -0.3 is 9.47 Å². The lowest BCUT2D eigenvalue weighted by Gasteiger charge is -2.20. The quantitative estimate of drug-likeness (QED) is 0.674. The molecule has 0 bridgehead atoms. The van der Waals surface area contributed by atoms with E-state index in [9.17, 15) is 9.59 Å². The highest BCUT2D eigenvalue weighted by Gasteiger charge is 2.25. The molecule has 0 radical (unpaired) electrons. The number of ether oxygens (including phenoxy) is 2. The first-order valence-electron chi connectivity index (χ1n) is 6.14. The number of carbonyl (C=O) groups excluding carboxylic acids is 2. The molecule has 0 amide bonds. The normalized spacial score (nSPS) is 13.0. The van der Waals surface area contributed by atoms with Crippen LogP contribution in [0, 0.1) is 5.41 Å². The van der Waals surface area contributed by atoms with E-state index in [1.54, 1.807) is 27.7 Å². The van der Waals surface area contributed by atoms with Gasteiger partial charge in [-0.15, -0.1) is 0 Å². The van der Waals surface area contributed by atoms with Crippen molar-refractivity contribution < 1.29 is 19.1 Å². The summed E-state index contributed by atoms with van der Waals surface area (Å²) in [6.45, 7) is 9.22. The smallest absolute Gasteiger partial charge is 0.311 e. The van der Waals surface area contributed by atoms with Gasteiger partial charge in [0, 0.05) is 6.42 Å². The highest BCUT2D eigenvalue weighted by molar-refractivity contribution is 5.75. The summed E-state index contributed by atoms with van der Waals surface area (Å²) >= 11 is 0. The van der Waals surface area contributed by atoms with Gasteiger partial charge >= 0.3 is 11.9 Å². The molecule has 1 atom stereocenters. The maximum Gasteiger partial charge on any atom is 0.311 e. The van der Waals surface area contributed by atoms with Crippen LogP contribution in [0.1, 0.15) is 53.9 Å². The third-order valence-electron chi connectivity index (χ3n) is 2.13. The molecule has 0 fully saturated rings. The number of unbranched alkanes of at least 4 members (excludes halogenated alkanes) is 1. The van der Waals surface area contributed by atoms with E-state index in [0.717, 1.165) is 12.8 Å².